The Bertz CT molecular complexity index is 243. The summed E-state index contributed by atoms with van der Waals surface area (Å²) in [6.07, 6.45) is 3.71. The van der Waals surface area contributed by atoms with Crippen LogP contribution in [-0.4, -0.2) is 22.1 Å². The zero-order valence-electron chi connectivity index (χ0n) is 6.75. The highest BCUT2D eigenvalue weighted by Crippen LogP contribution is 2.46. The quantitative estimate of drug-likeness (QED) is 0.429. The number of amides is 2. The molecular formula is C8H11NO3. The summed E-state index contributed by atoms with van der Waals surface area (Å²) in [5, 5.41) is 9.32. The molecule has 1 heterocycles. The van der Waals surface area contributed by atoms with E-state index in [4.69, 9.17) is 5.21 Å². The first-order valence-corrected chi connectivity index (χ1v) is 4.22. The van der Waals surface area contributed by atoms with Crippen LogP contribution in [0.4, 0.5) is 0 Å². The van der Waals surface area contributed by atoms with Crippen molar-refractivity contribution in [3.8, 4) is 0 Å². The second-order valence-corrected chi connectivity index (χ2v) is 3.67. The van der Waals surface area contributed by atoms with Gasteiger partial charge in [0, 0.05) is 6.42 Å². The molecule has 66 valence electrons. The highest BCUT2D eigenvalue weighted by Gasteiger charge is 2.52. The summed E-state index contributed by atoms with van der Waals surface area (Å²) in [6, 6.07) is 0. The van der Waals surface area contributed by atoms with Crippen molar-refractivity contribution in [3.05, 3.63) is 0 Å². The first-order valence-electron chi connectivity index (χ1n) is 4.22. The van der Waals surface area contributed by atoms with Crippen LogP contribution in [0.5, 0.6) is 0 Å². The summed E-state index contributed by atoms with van der Waals surface area (Å²) in [5.74, 6) is -0.827. The smallest absolute Gasteiger partial charge is 0.260 e. The van der Waals surface area contributed by atoms with Gasteiger partial charge in [-0.3, -0.25) is 14.8 Å². The van der Waals surface area contributed by atoms with Crippen molar-refractivity contribution in [3.63, 3.8) is 0 Å². The molecule has 1 aliphatic heterocycles. The molecule has 12 heavy (non-hydrogen) atoms. The minimum atomic E-state index is -0.522. The molecule has 0 atom stereocenters. The number of hydrogen-bond acceptors (Lipinski definition) is 3. The number of carbonyl (C=O) groups is 2. The number of hydroxylamine groups is 2. The van der Waals surface area contributed by atoms with Crippen molar-refractivity contribution in [2.45, 2.75) is 32.1 Å². The fourth-order valence-corrected chi connectivity index (χ4v) is 2.22. The second-order valence-electron chi connectivity index (χ2n) is 3.67. The van der Waals surface area contributed by atoms with Crippen molar-refractivity contribution < 1.29 is 14.8 Å². The van der Waals surface area contributed by atoms with E-state index in [1.165, 1.54) is 0 Å². The topological polar surface area (TPSA) is 57.6 Å². The fraction of sp³-hybridized carbons (Fsp3) is 0.750. The van der Waals surface area contributed by atoms with Gasteiger partial charge in [0.1, 0.15) is 0 Å². The van der Waals surface area contributed by atoms with Gasteiger partial charge in [-0.1, -0.05) is 12.8 Å². The summed E-state index contributed by atoms with van der Waals surface area (Å²) in [4.78, 5) is 22.4. The third-order valence-electron chi connectivity index (χ3n) is 2.93. The Morgan fingerprint density at radius 2 is 1.83 bits per heavy atom. The average Bonchev–Trinajstić information content (AvgIpc) is 2.57. The summed E-state index contributed by atoms with van der Waals surface area (Å²) in [5.41, 5.74) is -0.522. The summed E-state index contributed by atoms with van der Waals surface area (Å²) in [7, 11) is 0. The monoisotopic (exact) mass is 169 g/mol. The van der Waals surface area contributed by atoms with Crippen LogP contribution >= 0.6 is 0 Å². The lowest BCUT2D eigenvalue weighted by molar-refractivity contribution is -0.174. The van der Waals surface area contributed by atoms with Crippen molar-refractivity contribution in [2.24, 2.45) is 5.41 Å². The molecule has 0 bridgehead atoms. The van der Waals surface area contributed by atoms with Crippen LogP contribution in [0.1, 0.15) is 32.1 Å². The Morgan fingerprint density at radius 3 is 2.25 bits per heavy atom. The van der Waals surface area contributed by atoms with Crippen molar-refractivity contribution in [1.82, 2.24) is 5.06 Å². The lowest BCUT2D eigenvalue weighted by atomic mass is 9.85. The zero-order chi connectivity index (χ0) is 8.77. The van der Waals surface area contributed by atoms with E-state index in [1.807, 2.05) is 0 Å². The molecule has 0 radical (unpaired) electrons. The Labute approximate surface area is 70.1 Å². The van der Waals surface area contributed by atoms with Crippen LogP contribution in [0.3, 0.4) is 0 Å². The molecule has 1 saturated heterocycles. The van der Waals surface area contributed by atoms with Crippen LogP contribution in [-0.2, 0) is 9.59 Å². The first kappa shape index (κ1) is 7.73. The normalized spacial score (nSPS) is 27.6. The van der Waals surface area contributed by atoms with Crippen LogP contribution in [0, 0.1) is 5.41 Å². The number of imide groups is 1. The minimum absolute atomic E-state index is 0.211. The van der Waals surface area contributed by atoms with Crippen LogP contribution in [0.25, 0.3) is 0 Å². The van der Waals surface area contributed by atoms with Crippen LogP contribution < -0.4 is 0 Å². The molecule has 4 nitrogen and oxygen atoms in total. The van der Waals surface area contributed by atoms with E-state index in [1.54, 1.807) is 0 Å². The lowest BCUT2D eigenvalue weighted by Crippen LogP contribution is -2.31. The Kier molecular flexibility index (Phi) is 1.48. The van der Waals surface area contributed by atoms with Gasteiger partial charge < -0.3 is 0 Å². The van der Waals surface area contributed by atoms with Crippen molar-refractivity contribution in [1.29, 1.82) is 0 Å². The summed E-state index contributed by atoms with van der Waals surface area (Å²) < 4.78 is 0. The number of nitrogens with zero attached hydrogens (tertiary/aromatic N) is 1. The van der Waals surface area contributed by atoms with Gasteiger partial charge in [-0.25, -0.2) is 0 Å². The maximum absolute atomic E-state index is 11.4. The summed E-state index contributed by atoms with van der Waals surface area (Å²) in [6.45, 7) is 0. The number of carbonyl (C=O) groups excluding carboxylic acids is 2. The molecule has 1 N–H and O–H groups in total. The maximum Gasteiger partial charge on any atom is 0.260 e. The van der Waals surface area contributed by atoms with E-state index in [-0.39, 0.29) is 12.3 Å². The molecule has 0 aromatic rings. The molecule has 0 unspecified atom stereocenters. The minimum Gasteiger partial charge on any atom is -0.278 e. The van der Waals surface area contributed by atoms with E-state index in [0.717, 1.165) is 25.7 Å². The van der Waals surface area contributed by atoms with Gasteiger partial charge in [-0.05, 0) is 12.8 Å². The molecule has 2 fully saturated rings. The molecule has 4 heteroatoms. The fourth-order valence-electron chi connectivity index (χ4n) is 2.22. The van der Waals surface area contributed by atoms with E-state index in [9.17, 15) is 9.59 Å². The largest absolute Gasteiger partial charge is 0.278 e. The predicted molar refractivity (Wildman–Crippen MR) is 39.2 cm³/mol. The molecule has 1 spiro atoms. The standard InChI is InChI=1S/C8H11NO3/c10-6-5-8(3-1-2-4-8)7(11)9(6)12/h12H,1-5H2. The van der Waals surface area contributed by atoms with Gasteiger partial charge in [0.15, 0.2) is 0 Å². The van der Waals surface area contributed by atoms with Crippen molar-refractivity contribution >= 4 is 11.8 Å². The van der Waals surface area contributed by atoms with E-state index >= 15 is 0 Å². The van der Waals surface area contributed by atoms with E-state index < -0.39 is 11.3 Å². The molecule has 2 amide bonds. The van der Waals surface area contributed by atoms with E-state index in [0.29, 0.717) is 5.06 Å². The second kappa shape index (κ2) is 2.29. The molecule has 1 aliphatic carbocycles. The molecule has 0 aromatic carbocycles. The van der Waals surface area contributed by atoms with Crippen LogP contribution in [0.15, 0.2) is 0 Å². The van der Waals surface area contributed by atoms with E-state index in [2.05, 4.69) is 0 Å². The lowest BCUT2D eigenvalue weighted by Gasteiger charge is -2.17. The summed E-state index contributed by atoms with van der Waals surface area (Å²) >= 11 is 0. The van der Waals surface area contributed by atoms with Gasteiger partial charge >= 0.3 is 0 Å². The average molecular weight is 169 g/mol. The molecule has 1 saturated carbocycles. The Morgan fingerprint density at radius 1 is 1.25 bits per heavy atom. The Hall–Kier alpha value is -0.900. The third kappa shape index (κ3) is 0.813. The first-order chi connectivity index (χ1) is 5.66. The zero-order valence-corrected chi connectivity index (χ0v) is 6.75. The number of rotatable bonds is 0. The Balaban J connectivity index is 2.29. The third-order valence-corrected chi connectivity index (χ3v) is 2.93. The van der Waals surface area contributed by atoms with Gasteiger partial charge in [-0.15, -0.1) is 0 Å². The van der Waals surface area contributed by atoms with Crippen molar-refractivity contribution in [2.75, 3.05) is 0 Å². The van der Waals surface area contributed by atoms with Gasteiger partial charge in [0.25, 0.3) is 11.8 Å². The molecular weight excluding hydrogens is 158 g/mol. The molecule has 2 rings (SSSR count). The van der Waals surface area contributed by atoms with Crippen LogP contribution in [0.2, 0.25) is 0 Å². The van der Waals surface area contributed by atoms with Gasteiger partial charge in [-0.2, -0.15) is 5.06 Å². The highest BCUT2D eigenvalue weighted by molar-refractivity contribution is 6.04. The number of hydrogen-bond donors (Lipinski definition) is 1. The maximum atomic E-state index is 11.4. The highest BCUT2D eigenvalue weighted by atomic mass is 16.5. The van der Waals surface area contributed by atoms with Gasteiger partial charge in [0.05, 0.1) is 5.41 Å². The molecule has 0 aromatic heterocycles. The molecule has 2 aliphatic rings. The predicted octanol–water partition coefficient (Wildman–Crippen LogP) is 0.695. The van der Waals surface area contributed by atoms with Gasteiger partial charge in [0.2, 0.25) is 0 Å². The SMILES string of the molecule is O=C1CC2(CCCC2)C(=O)N1O.